The molecule has 0 aromatic heterocycles. The standard InChI is InChI=1S/C22H25F3N2O2S/c1-2-3-12-27(18-8-4-16-14-20(30)11-5-15(16)13-18)21(28)26-17-6-9-19(10-7-17)29-22(23,24)25/h5-7,9-11,14,18,30H,2-4,8,12-13H2,1H3,(H,26,28). The molecule has 0 saturated carbocycles. The zero-order valence-electron chi connectivity index (χ0n) is 16.7. The van der Waals surface area contributed by atoms with Gasteiger partial charge in [0.2, 0.25) is 0 Å². The Hall–Kier alpha value is -2.35. The molecule has 1 unspecified atom stereocenters. The van der Waals surface area contributed by atoms with Crippen LogP contribution < -0.4 is 10.1 Å². The van der Waals surface area contributed by atoms with E-state index in [-0.39, 0.29) is 17.8 Å². The van der Waals surface area contributed by atoms with Crippen LogP contribution in [0.4, 0.5) is 23.7 Å². The Balaban J connectivity index is 1.69. The van der Waals surface area contributed by atoms with E-state index in [4.69, 9.17) is 0 Å². The molecule has 0 bridgehead atoms. The Morgan fingerprint density at radius 1 is 1.20 bits per heavy atom. The number of carbonyl (C=O) groups is 1. The van der Waals surface area contributed by atoms with Crippen LogP contribution in [0, 0.1) is 0 Å². The number of benzene rings is 2. The van der Waals surface area contributed by atoms with E-state index in [1.165, 1.54) is 35.4 Å². The van der Waals surface area contributed by atoms with E-state index in [0.717, 1.165) is 37.0 Å². The largest absolute Gasteiger partial charge is 0.573 e. The summed E-state index contributed by atoms with van der Waals surface area (Å²) in [6.45, 7) is 2.70. The van der Waals surface area contributed by atoms with Crippen LogP contribution in [0.2, 0.25) is 0 Å². The second kappa shape index (κ2) is 9.64. The predicted molar refractivity (Wildman–Crippen MR) is 113 cm³/mol. The summed E-state index contributed by atoms with van der Waals surface area (Å²) >= 11 is 4.40. The average molecular weight is 439 g/mol. The van der Waals surface area contributed by atoms with Crippen molar-refractivity contribution in [1.82, 2.24) is 4.90 Å². The van der Waals surface area contributed by atoms with Gasteiger partial charge in [-0.15, -0.1) is 25.8 Å². The van der Waals surface area contributed by atoms with Gasteiger partial charge in [0.15, 0.2) is 0 Å². The zero-order chi connectivity index (χ0) is 21.7. The molecule has 3 rings (SSSR count). The van der Waals surface area contributed by atoms with Crippen molar-refractivity contribution in [2.24, 2.45) is 0 Å². The smallest absolute Gasteiger partial charge is 0.406 e. The number of halogens is 3. The van der Waals surface area contributed by atoms with Crippen molar-refractivity contribution in [1.29, 1.82) is 0 Å². The molecule has 0 spiro atoms. The highest BCUT2D eigenvalue weighted by Gasteiger charge is 2.31. The summed E-state index contributed by atoms with van der Waals surface area (Å²) in [6.07, 6.45) is -0.386. The fourth-order valence-electron chi connectivity index (χ4n) is 3.70. The Morgan fingerprint density at radius 2 is 1.93 bits per heavy atom. The summed E-state index contributed by atoms with van der Waals surface area (Å²) in [5, 5.41) is 2.81. The van der Waals surface area contributed by atoms with Gasteiger partial charge in [-0.1, -0.05) is 19.4 Å². The Bertz CT molecular complexity index is 872. The molecule has 4 nitrogen and oxygen atoms in total. The minimum Gasteiger partial charge on any atom is -0.406 e. The third-order valence-corrected chi connectivity index (χ3v) is 5.46. The van der Waals surface area contributed by atoms with E-state index >= 15 is 0 Å². The van der Waals surface area contributed by atoms with Gasteiger partial charge >= 0.3 is 12.4 Å². The topological polar surface area (TPSA) is 41.6 Å². The summed E-state index contributed by atoms with van der Waals surface area (Å²) in [4.78, 5) is 15.8. The first-order valence-corrected chi connectivity index (χ1v) is 10.4. The van der Waals surface area contributed by atoms with Gasteiger partial charge in [-0.2, -0.15) is 0 Å². The first-order chi connectivity index (χ1) is 14.2. The van der Waals surface area contributed by atoms with Gasteiger partial charge in [0.05, 0.1) is 0 Å². The maximum atomic E-state index is 13.0. The van der Waals surface area contributed by atoms with Crippen molar-refractivity contribution < 1.29 is 22.7 Å². The average Bonchev–Trinajstić information content (AvgIpc) is 2.68. The summed E-state index contributed by atoms with van der Waals surface area (Å²) in [7, 11) is 0. The highest BCUT2D eigenvalue weighted by molar-refractivity contribution is 7.80. The molecule has 0 heterocycles. The van der Waals surface area contributed by atoms with Crippen LogP contribution in [0.25, 0.3) is 0 Å². The lowest BCUT2D eigenvalue weighted by atomic mass is 9.87. The molecule has 2 aromatic rings. The van der Waals surface area contributed by atoms with E-state index in [0.29, 0.717) is 12.2 Å². The summed E-state index contributed by atoms with van der Waals surface area (Å²) < 4.78 is 40.8. The van der Waals surface area contributed by atoms with E-state index in [1.54, 1.807) is 0 Å². The monoisotopic (exact) mass is 438 g/mol. The van der Waals surface area contributed by atoms with Crippen molar-refractivity contribution in [3.05, 3.63) is 53.6 Å². The maximum Gasteiger partial charge on any atom is 0.573 e. The molecule has 30 heavy (non-hydrogen) atoms. The van der Waals surface area contributed by atoms with Crippen LogP contribution in [0.5, 0.6) is 5.75 Å². The number of nitrogens with zero attached hydrogens (tertiary/aromatic N) is 1. The molecule has 2 aromatic carbocycles. The molecule has 1 atom stereocenters. The number of alkyl halides is 3. The van der Waals surface area contributed by atoms with Crippen LogP contribution in [0.3, 0.4) is 0 Å². The van der Waals surface area contributed by atoms with Gasteiger partial charge in [0, 0.05) is 23.2 Å². The van der Waals surface area contributed by atoms with E-state index < -0.39 is 6.36 Å². The zero-order valence-corrected chi connectivity index (χ0v) is 17.6. The van der Waals surface area contributed by atoms with Crippen LogP contribution >= 0.6 is 12.6 Å². The number of hydrogen-bond donors (Lipinski definition) is 2. The minimum absolute atomic E-state index is 0.0719. The molecule has 2 amide bonds. The van der Waals surface area contributed by atoms with Gasteiger partial charge in [0.1, 0.15) is 5.75 Å². The lowest BCUT2D eigenvalue weighted by molar-refractivity contribution is -0.274. The fraction of sp³-hybridized carbons (Fsp3) is 0.409. The quantitative estimate of drug-likeness (QED) is 0.538. The molecule has 8 heteroatoms. The van der Waals surface area contributed by atoms with Crippen LogP contribution in [-0.4, -0.2) is 29.9 Å². The van der Waals surface area contributed by atoms with Gasteiger partial charge in [-0.3, -0.25) is 0 Å². The third kappa shape index (κ3) is 6.08. The first-order valence-electron chi connectivity index (χ1n) is 9.99. The van der Waals surface area contributed by atoms with Crippen LogP contribution in [0.15, 0.2) is 47.4 Å². The van der Waals surface area contributed by atoms with Crippen molar-refractivity contribution in [3.8, 4) is 5.75 Å². The number of rotatable bonds is 6. The van der Waals surface area contributed by atoms with Gasteiger partial charge in [0.25, 0.3) is 0 Å². The second-order valence-electron chi connectivity index (χ2n) is 7.40. The number of aryl methyl sites for hydroxylation is 1. The number of anilines is 1. The molecular formula is C22H25F3N2O2S. The highest BCUT2D eigenvalue weighted by atomic mass is 32.1. The Morgan fingerprint density at radius 3 is 2.60 bits per heavy atom. The molecule has 1 aliphatic carbocycles. The van der Waals surface area contributed by atoms with E-state index in [2.05, 4.69) is 41.7 Å². The number of urea groups is 1. The minimum atomic E-state index is -4.74. The number of unbranched alkanes of at least 4 members (excludes halogenated alkanes) is 1. The molecule has 0 saturated heterocycles. The number of amides is 2. The molecular weight excluding hydrogens is 413 g/mol. The number of nitrogens with one attached hydrogen (secondary N) is 1. The van der Waals surface area contributed by atoms with Crippen molar-refractivity contribution in [3.63, 3.8) is 0 Å². The molecule has 0 aliphatic heterocycles. The predicted octanol–water partition coefficient (Wildman–Crippen LogP) is 6.07. The van der Waals surface area contributed by atoms with Crippen molar-refractivity contribution in [2.75, 3.05) is 11.9 Å². The fourth-order valence-corrected chi connectivity index (χ4v) is 3.93. The lowest BCUT2D eigenvalue weighted by Gasteiger charge is -2.35. The van der Waals surface area contributed by atoms with Gasteiger partial charge in [-0.25, -0.2) is 4.79 Å². The normalized spacial score (nSPS) is 16.0. The van der Waals surface area contributed by atoms with Crippen LogP contribution in [0.1, 0.15) is 37.3 Å². The summed E-state index contributed by atoms with van der Waals surface area (Å²) in [6, 6.07) is 11.1. The molecule has 162 valence electrons. The molecule has 1 N–H and O–H groups in total. The first kappa shape index (κ1) is 22.3. The van der Waals surface area contributed by atoms with E-state index in [1.807, 2.05) is 11.0 Å². The number of carbonyl (C=O) groups excluding carboxylic acids is 1. The number of thiol groups is 1. The van der Waals surface area contributed by atoms with Gasteiger partial charge < -0.3 is 15.0 Å². The molecule has 0 radical (unpaired) electrons. The van der Waals surface area contributed by atoms with Crippen molar-refractivity contribution in [2.45, 2.75) is 56.3 Å². The highest BCUT2D eigenvalue weighted by Crippen LogP contribution is 2.28. The Labute approximate surface area is 179 Å². The Kier molecular flexibility index (Phi) is 7.18. The molecule has 1 aliphatic rings. The lowest BCUT2D eigenvalue weighted by Crippen LogP contribution is -2.46. The number of hydrogen-bond acceptors (Lipinski definition) is 3. The number of ether oxygens (including phenoxy) is 1. The summed E-state index contributed by atoms with van der Waals surface area (Å²) in [5.41, 5.74) is 2.92. The van der Waals surface area contributed by atoms with E-state index in [9.17, 15) is 18.0 Å². The van der Waals surface area contributed by atoms with Gasteiger partial charge in [-0.05, 0) is 73.2 Å². The van der Waals surface area contributed by atoms with Crippen LogP contribution in [-0.2, 0) is 12.8 Å². The SMILES string of the molecule is CCCCN(C(=O)Nc1ccc(OC(F)(F)F)cc1)C1CCc2cc(S)ccc2C1. The third-order valence-electron chi connectivity index (χ3n) is 5.19. The second-order valence-corrected chi connectivity index (χ2v) is 7.92. The summed E-state index contributed by atoms with van der Waals surface area (Å²) in [5.74, 6) is -0.323. The maximum absolute atomic E-state index is 13.0. The molecule has 0 fully saturated rings. The van der Waals surface area contributed by atoms with Crippen molar-refractivity contribution >= 4 is 24.3 Å². The number of fused-ring (bicyclic) bond motifs is 1.